The Bertz CT molecular complexity index is 990. The average molecular weight is 529 g/mol. The standard InChI is InChI=1S/C23H32N2O10S/c1-13-18(33-14(2)28)9-19(34-15(3)29)16(20(13)22(31)32)11-36-8-7-24-21(30)17(10-26)25(12-27)35-23(4,5)6/h9,12,17,26H,7-8,10-11H2,1-6H3,(H,24,30)(H,31,32). The molecule has 13 heteroatoms. The van der Waals surface area contributed by atoms with Crippen LogP contribution in [0.1, 0.15) is 56.1 Å². The van der Waals surface area contributed by atoms with Crippen LogP contribution in [0.5, 0.6) is 11.5 Å². The number of carbonyl (C=O) groups excluding carboxylic acids is 4. The third kappa shape index (κ3) is 9.47. The summed E-state index contributed by atoms with van der Waals surface area (Å²) in [7, 11) is 0. The van der Waals surface area contributed by atoms with E-state index in [0.717, 1.165) is 18.9 Å². The average Bonchev–Trinajstić information content (AvgIpc) is 2.74. The topological polar surface area (TPSA) is 169 Å². The Balaban J connectivity index is 2.96. The van der Waals surface area contributed by atoms with Gasteiger partial charge < -0.3 is 25.0 Å². The highest BCUT2D eigenvalue weighted by atomic mass is 32.2. The lowest BCUT2D eigenvalue weighted by molar-refractivity contribution is -0.234. The van der Waals surface area contributed by atoms with Gasteiger partial charge in [0.1, 0.15) is 11.5 Å². The molecular weight excluding hydrogens is 496 g/mol. The number of thioether (sulfide) groups is 1. The second-order valence-electron chi connectivity index (χ2n) is 8.55. The summed E-state index contributed by atoms with van der Waals surface area (Å²) in [5.41, 5.74) is -0.532. The second-order valence-corrected chi connectivity index (χ2v) is 9.66. The number of aromatic carboxylic acids is 1. The minimum absolute atomic E-state index is 0.0376. The van der Waals surface area contributed by atoms with E-state index in [1.807, 2.05) is 0 Å². The Labute approximate surface area is 213 Å². The van der Waals surface area contributed by atoms with Crippen molar-refractivity contribution >= 4 is 42.0 Å². The van der Waals surface area contributed by atoms with Crippen molar-refractivity contribution in [2.75, 3.05) is 18.9 Å². The van der Waals surface area contributed by atoms with Crippen LogP contribution in [-0.2, 0) is 29.8 Å². The van der Waals surface area contributed by atoms with Gasteiger partial charge in [-0.15, -0.1) is 0 Å². The van der Waals surface area contributed by atoms with Crippen molar-refractivity contribution in [1.29, 1.82) is 0 Å². The third-order valence-corrected chi connectivity index (χ3v) is 5.37. The number of carboxylic acids is 1. The number of ether oxygens (including phenoxy) is 2. The number of hydrogen-bond acceptors (Lipinski definition) is 10. The van der Waals surface area contributed by atoms with Gasteiger partial charge in [-0.2, -0.15) is 11.8 Å². The van der Waals surface area contributed by atoms with Crippen molar-refractivity contribution in [3.8, 4) is 11.5 Å². The Morgan fingerprint density at radius 2 is 1.72 bits per heavy atom. The summed E-state index contributed by atoms with van der Waals surface area (Å²) in [6.45, 7) is 8.30. The number of rotatable bonds is 13. The van der Waals surface area contributed by atoms with Crippen molar-refractivity contribution in [3.63, 3.8) is 0 Å². The minimum Gasteiger partial charge on any atom is -0.478 e. The highest BCUT2D eigenvalue weighted by Crippen LogP contribution is 2.36. The van der Waals surface area contributed by atoms with Crippen LogP contribution in [0, 0.1) is 6.92 Å². The molecule has 1 aromatic carbocycles. The van der Waals surface area contributed by atoms with Gasteiger partial charge in [0.2, 0.25) is 12.3 Å². The molecule has 1 aromatic rings. The van der Waals surface area contributed by atoms with Crippen LogP contribution in [0.4, 0.5) is 0 Å². The second kappa shape index (κ2) is 13.8. The number of hydrogen-bond donors (Lipinski definition) is 3. The summed E-state index contributed by atoms with van der Waals surface area (Å²) in [6, 6.07) is 0.0366. The first-order valence-electron chi connectivity index (χ1n) is 10.9. The molecule has 0 aliphatic carbocycles. The Hall–Kier alpha value is -3.16. The van der Waals surface area contributed by atoms with E-state index in [-0.39, 0.29) is 40.5 Å². The summed E-state index contributed by atoms with van der Waals surface area (Å²) < 4.78 is 10.2. The first-order chi connectivity index (χ1) is 16.7. The highest BCUT2D eigenvalue weighted by molar-refractivity contribution is 7.98. The molecule has 1 atom stereocenters. The van der Waals surface area contributed by atoms with Gasteiger partial charge >= 0.3 is 17.9 Å². The number of amides is 2. The van der Waals surface area contributed by atoms with Crippen LogP contribution in [0.15, 0.2) is 6.07 Å². The number of benzene rings is 1. The quantitative estimate of drug-likeness (QED) is 0.111. The SMILES string of the molecule is CC(=O)Oc1cc(OC(C)=O)c(CSCCNC(=O)C(CO)N(C=O)OC(C)(C)C)c(C(=O)O)c1C. The predicted octanol–water partition coefficient (Wildman–Crippen LogP) is 1.44. The largest absolute Gasteiger partial charge is 0.478 e. The van der Waals surface area contributed by atoms with E-state index in [9.17, 15) is 34.2 Å². The molecule has 0 saturated heterocycles. The molecule has 1 rings (SSSR count). The molecule has 1 unspecified atom stereocenters. The molecule has 2 amide bonds. The molecule has 0 heterocycles. The summed E-state index contributed by atoms with van der Waals surface area (Å²) in [6.07, 6.45) is 0.312. The highest BCUT2D eigenvalue weighted by Gasteiger charge is 2.29. The molecule has 12 nitrogen and oxygen atoms in total. The molecule has 0 aliphatic rings. The molecule has 0 aromatic heterocycles. The van der Waals surface area contributed by atoms with Crippen molar-refractivity contribution in [2.45, 2.75) is 58.9 Å². The maximum absolute atomic E-state index is 12.4. The fourth-order valence-electron chi connectivity index (χ4n) is 3.02. The lowest BCUT2D eigenvalue weighted by Crippen LogP contribution is -2.51. The molecule has 0 aliphatic heterocycles. The number of carbonyl (C=O) groups is 5. The van der Waals surface area contributed by atoms with Crippen LogP contribution >= 0.6 is 11.8 Å². The van der Waals surface area contributed by atoms with Crippen molar-refractivity contribution < 1.29 is 48.5 Å². The van der Waals surface area contributed by atoms with Crippen LogP contribution in [-0.4, -0.2) is 76.0 Å². The maximum atomic E-state index is 12.4. The molecule has 0 radical (unpaired) electrons. The van der Waals surface area contributed by atoms with Crippen molar-refractivity contribution in [3.05, 3.63) is 22.8 Å². The van der Waals surface area contributed by atoms with E-state index in [2.05, 4.69) is 5.32 Å². The number of carboxylic acid groups (broad SMARTS) is 1. The van der Waals surface area contributed by atoms with E-state index in [1.165, 1.54) is 24.8 Å². The van der Waals surface area contributed by atoms with Crippen LogP contribution < -0.4 is 14.8 Å². The van der Waals surface area contributed by atoms with Gasteiger partial charge in [0.05, 0.1) is 17.8 Å². The van der Waals surface area contributed by atoms with Crippen LogP contribution in [0.2, 0.25) is 0 Å². The fraction of sp³-hybridized carbons (Fsp3) is 0.522. The number of hydroxylamine groups is 2. The fourth-order valence-corrected chi connectivity index (χ4v) is 3.90. The van der Waals surface area contributed by atoms with Crippen molar-refractivity contribution in [2.24, 2.45) is 0 Å². The Kier molecular flexibility index (Phi) is 11.8. The maximum Gasteiger partial charge on any atom is 0.336 e. The number of nitrogens with one attached hydrogen (secondary N) is 1. The first kappa shape index (κ1) is 30.9. The molecule has 0 saturated carbocycles. The Morgan fingerprint density at radius 1 is 1.14 bits per heavy atom. The third-order valence-electron chi connectivity index (χ3n) is 4.39. The number of nitrogens with zero attached hydrogens (tertiary/aromatic N) is 1. The molecule has 3 N–H and O–H groups in total. The molecule has 200 valence electrons. The smallest absolute Gasteiger partial charge is 0.336 e. The first-order valence-corrected chi connectivity index (χ1v) is 12.0. The van der Waals surface area contributed by atoms with E-state index in [0.29, 0.717) is 12.2 Å². The van der Waals surface area contributed by atoms with Crippen LogP contribution in [0.25, 0.3) is 0 Å². The molecular formula is C23H32N2O10S. The Morgan fingerprint density at radius 3 is 2.19 bits per heavy atom. The minimum atomic E-state index is -1.29. The monoisotopic (exact) mass is 528 g/mol. The van der Waals surface area contributed by atoms with E-state index < -0.39 is 42.1 Å². The van der Waals surface area contributed by atoms with Crippen LogP contribution in [0.3, 0.4) is 0 Å². The van der Waals surface area contributed by atoms with Gasteiger partial charge in [0.15, 0.2) is 6.04 Å². The van der Waals surface area contributed by atoms with E-state index in [4.69, 9.17) is 14.3 Å². The summed E-state index contributed by atoms with van der Waals surface area (Å²) >= 11 is 1.24. The predicted molar refractivity (Wildman–Crippen MR) is 130 cm³/mol. The zero-order chi connectivity index (χ0) is 27.6. The van der Waals surface area contributed by atoms with Gasteiger partial charge in [-0.3, -0.25) is 24.0 Å². The summed E-state index contributed by atoms with van der Waals surface area (Å²) in [5.74, 6) is -2.96. The molecule has 36 heavy (non-hydrogen) atoms. The zero-order valence-electron chi connectivity index (χ0n) is 21.1. The van der Waals surface area contributed by atoms with Gasteiger partial charge in [-0.25, -0.2) is 9.86 Å². The molecule has 0 bridgehead atoms. The number of aliphatic hydroxyl groups is 1. The van der Waals surface area contributed by atoms with E-state index >= 15 is 0 Å². The summed E-state index contributed by atoms with van der Waals surface area (Å²) in [5, 5.41) is 22.7. The van der Waals surface area contributed by atoms with Gasteiger partial charge in [-0.05, 0) is 27.7 Å². The number of aliphatic hydroxyl groups excluding tert-OH is 1. The summed E-state index contributed by atoms with van der Waals surface area (Å²) in [4.78, 5) is 64.1. The van der Waals surface area contributed by atoms with E-state index in [1.54, 1.807) is 20.8 Å². The molecule has 0 fully saturated rings. The van der Waals surface area contributed by atoms with Gasteiger partial charge in [-0.1, -0.05) is 0 Å². The van der Waals surface area contributed by atoms with Gasteiger partial charge in [0.25, 0.3) is 0 Å². The zero-order valence-corrected chi connectivity index (χ0v) is 21.9. The normalized spacial score (nSPS) is 11.9. The number of esters is 2. The lowest BCUT2D eigenvalue weighted by Gasteiger charge is -2.31. The van der Waals surface area contributed by atoms with Gasteiger partial charge in [0, 0.05) is 49.1 Å². The lowest BCUT2D eigenvalue weighted by atomic mass is 10.0. The molecule has 0 spiro atoms. The van der Waals surface area contributed by atoms with Crippen molar-refractivity contribution in [1.82, 2.24) is 10.4 Å².